The summed E-state index contributed by atoms with van der Waals surface area (Å²) < 4.78 is 28.2. The smallest absolute Gasteiger partial charge is 0.335 e. The maximum atomic E-state index is 13.1. The van der Waals surface area contributed by atoms with E-state index >= 15 is 0 Å². The summed E-state index contributed by atoms with van der Waals surface area (Å²) in [6.45, 7) is 8.80. The normalized spacial score (nSPS) is 45.6. The van der Waals surface area contributed by atoms with Gasteiger partial charge in [-0.2, -0.15) is 0 Å². The largest absolute Gasteiger partial charge is 0.472 e. The predicted octanol–water partition coefficient (Wildman–Crippen LogP) is 2.97. The topological polar surface area (TPSA) is 142 Å². The van der Waals surface area contributed by atoms with Gasteiger partial charge in [-0.25, -0.2) is 4.79 Å². The van der Waals surface area contributed by atoms with Gasteiger partial charge in [-0.3, -0.25) is 9.59 Å². The lowest BCUT2D eigenvalue weighted by atomic mass is 9.38. The van der Waals surface area contributed by atoms with Crippen molar-refractivity contribution in [2.24, 2.45) is 28.1 Å². The molecule has 9 unspecified atom stereocenters. The van der Waals surface area contributed by atoms with Crippen molar-refractivity contribution in [3.8, 4) is 0 Å². The van der Waals surface area contributed by atoms with Crippen molar-refractivity contribution in [2.45, 2.75) is 90.0 Å². The van der Waals surface area contributed by atoms with Crippen molar-refractivity contribution in [3.05, 3.63) is 35.3 Å². The second-order valence-corrected chi connectivity index (χ2v) is 13.0. The third kappa shape index (κ3) is 3.00. The van der Waals surface area contributed by atoms with Crippen molar-refractivity contribution >= 4 is 17.9 Å². The fourth-order valence-corrected chi connectivity index (χ4v) is 9.41. The molecule has 3 heterocycles. The fraction of sp³-hybridized carbons (Fsp3) is 0.690. The zero-order chi connectivity index (χ0) is 28.3. The van der Waals surface area contributed by atoms with Crippen molar-refractivity contribution in [1.29, 1.82) is 0 Å². The molecular formula is C29H36O10. The highest BCUT2D eigenvalue weighted by Gasteiger charge is 2.86. The summed E-state index contributed by atoms with van der Waals surface area (Å²) in [4.78, 5) is 38.4. The molecule has 212 valence electrons. The van der Waals surface area contributed by atoms with Crippen molar-refractivity contribution in [1.82, 2.24) is 0 Å². The molecule has 10 heteroatoms. The number of hydrogen-bond donors (Lipinski definition) is 2. The number of carbonyl (C=O) groups is 3. The van der Waals surface area contributed by atoms with Crippen LogP contribution in [0, 0.1) is 28.1 Å². The van der Waals surface area contributed by atoms with E-state index in [4.69, 9.17) is 23.4 Å². The summed E-state index contributed by atoms with van der Waals surface area (Å²) in [6.07, 6.45) is 1.30. The average molecular weight is 545 g/mol. The minimum Gasteiger partial charge on any atom is -0.472 e. The highest BCUT2D eigenvalue weighted by molar-refractivity contribution is 5.77. The number of furan rings is 1. The first-order valence-electron chi connectivity index (χ1n) is 13.5. The van der Waals surface area contributed by atoms with Crippen LogP contribution in [0.5, 0.6) is 0 Å². The molecule has 3 aliphatic carbocycles. The van der Waals surface area contributed by atoms with Crippen molar-refractivity contribution in [3.63, 3.8) is 0 Å². The van der Waals surface area contributed by atoms with E-state index in [2.05, 4.69) is 6.92 Å². The van der Waals surface area contributed by atoms with Crippen LogP contribution in [0.25, 0.3) is 0 Å². The third-order valence-corrected chi connectivity index (χ3v) is 10.8. The van der Waals surface area contributed by atoms with Crippen LogP contribution in [0.2, 0.25) is 0 Å². The molecular weight excluding hydrogens is 508 g/mol. The average Bonchev–Trinajstić information content (AvgIpc) is 3.46. The van der Waals surface area contributed by atoms with E-state index in [1.807, 2.05) is 20.8 Å². The molecule has 4 fully saturated rings. The molecule has 9 atom stereocenters. The van der Waals surface area contributed by atoms with Gasteiger partial charge >= 0.3 is 17.9 Å². The van der Waals surface area contributed by atoms with Gasteiger partial charge in [0.15, 0.2) is 11.7 Å². The summed E-state index contributed by atoms with van der Waals surface area (Å²) in [7, 11) is 1.25. The first kappa shape index (κ1) is 26.5. The predicted molar refractivity (Wildman–Crippen MR) is 132 cm³/mol. The molecule has 2 N–H and O–H groups in total. The Balaban J connectivity index is 1.60. The minimum absolute atomic E-state index is 0.0366. The van der Waals surface area contributed by atoms with E-state index in [9.17, 15) is 24.6 Å². The third-order valence-electron chi connectivity index (χ3n) is 10.8. The quantitative estimate of drug-likeness (QED) is 0.331. The molecule has 2 saturated heterocycles. The fourth-order valence-electron chi connectivity index (χ4n) is 9.41. The molecule has 4 bridgehead atoms. The Bertz CT molecular complexity index is 1280. The summed E-state index contributed by atoms with van der Waals surface area (Å²) in [5.74, 6) is -4.91. The molecule has 1 aromatic rings. The van der Waals surface area contributed by atoms with Crippen LogP contribution >= 0.6 is 0 Å². The molecule has 5 aliphatic rings. The van der Waals surface area contributed by atoms with Crippen molar-refractivity contribution in [2.75, 3.05) is 7.11 Å². The molecule has 10 nitrogen and oxygen atoms in total. The first-order valence-corrected chi connectivity index (χ1v) is 13.5. The van der Waals surface area contributed by atoms with E-state index < -0.39 is 69.8 Å². The number of ether oxygens (including phenoxy) is 4. The number of aliphatic hydroxyl groups is 2. The van der Waals surface area contributed by atoms with E-state index in [1.165, 1.54) is 20.3 Å². The van der Waals surface area contributed by atoms with Crippen LogP contribution < -0.4 is 0 Å². The van der Waals surface area contributed by atoms with Crippen LogP contribution in [0.1, 0.15) is 72.0 Å². The Morgan fingerprint density at radius 1 is 1.15 bits per heavy atom. The van der Waals surface area contributed by atoms with Gasteiger partial charge in [0.1, 0.15) is 12.2 Å². The van der Waals surface area contributed by atoms with Crippen LogP contribution in [-0.4, -0.2) is 58.8 Å². The van der Waals surface area contributed by atoms with Gasteiger partial charge in [-0.05, 0) is 30.4 Å². The van der Waals surface area contributed by atoms with Crippen LogP contribution in [0.3, 0.4) is 0 Å². The number of rotatable bonds is 3. The van der Waals surface area contributed by atoms with Crippen molar-refractivity contribution < 1.29 is 48.0 Å². The minimum atomic E-state index is -2.22. The number of cyclic esters (lactones) is 1. The zero-order valence-electron chi connectivity index (χ0n) is 23.1. The number of hydrogen-bond acceptors (Lipinski definition) is 10. The Morgan fingerprint density at radius 3 is 2.49 bits per heavy atom. The lowest BCUT2D eigenvalue weighted by Crippen LogP contribution is -2.80. The van der Waals surface area contributed by atoms with Gasteiger partial charge in [0.2, 0.25) is 5.79 Å². The van der Waals surface area contributed by atoms with E-state index in [0.717, 1.165) is 16.7 Å². The molecule has 0 radical (unpaired) electrons. The molecule has 2 saturated carbocycles. The van der Waals surface area contributed by atoms with Gasteiger partial charge in [0.25, 0.3) is 0 Å². The monoisotopic (exact) mass is 544 g/mol. The second-order valence-electron chi connectivity index (χ2n) is 13.0. The molecule has 2 aliphatic heterocycles. The maximum absolute atomic E-state index is 13.1. The lowest BCUT2D eigenvalue weighted by Gasteiger charge is -2.68. The van der Waals surface area contributed by atoms with Gasteiger partial charge in [-0.1, -0.05) is 33.3 Å². The lowest BCUT2D eigenvalue weighted by molar-refractivity contribution is -0.388. The SMILES string of the molecule is COC(=O)C1OC2(O)C3(O)CC4=C5CC(=O)OC(c6ccoc6)C5(C)CCC4C2(C)C1C(C)(C)C3OC(C)=O. The second kappa shape index (κ2) is 7.95. The molecule has 6 rings (SSSR count). The zero-order valence-corrected chi connectivity index (χ0v) is 23.1. The Morgan fingerprint density at radius 2 is 1.87 bits per heavy atom. The molecule has 0 spiro atoms. The molecule has 1 aromatic heterocycles. The summed E-state index contributed by atoms with van der Waals surface area (Å²) in [6, 6.07) is 1.78. The number of esters is 3. The Hall–Kier alpha value is -2.69. The highest BCUT2D eigenvalue weighted by atomic mass is 16.7. The summed E-state index contributed by atoms with van der Waals surface area (Å²) in [5.41, 5.74) is -2.43. The van der Waals surface area contributed by atoms with E-state index in [0.29, 0.717) is 12.8 Å². The number of carbonyl (C=O) groups excluding carboxylic acids is 3. The molecule has 0 aromatic carbocycles. The first-order chi connectivity index (χ1) is 18.2. The standard InChI is InChI=1S/C29H36O10/c1-14(30)37-24-25(2,3)21-20(23(32)35-6)39-29(34)27(21,5)17-7-9-26(4)18(16(17)12-28(24,29)33)11-19(31)38-22(26)15-8-10-36-13-15/h8,10,13,17,20-22,24,33-34H,7,9,11-12H2,1-6H3. The number of fused-ring (bicyclic) bond motifs is 2. The van der Waals surface area contributed by atoms with Gasteiger partial charge in [-0.15, -0.1) is 0 Å². The highest BCUT2D eigenvalue weighted by Crippen LogP contribution is 2.76. The van der Waals surface area contributed by atoms with Gasteiger partial charge in [0.05, 0.1) is 26.1 Å². The summed E-state index contributed by atoms with van der Waals surface area (Å²) >= 11 is 0. The van der Waals surface area contributed by atoms with Gasteiger partial charge < -0.3 is 33.6 Å². The van der Waals surface area contributed by atoms with E-state index in [1.54, 1.807) is 12.3 Å². The molecule has 39 heavy (non-hydrogen) atoms. The summed E-state index contributed by atoms with van der Waals surface area (Å²) in [5, 5.41) is 25.0. The van der Waals surface area contributed by atoms with Crippen LogP contribution in [0.15, 0.2) is 34.2 Å². The number of methoxy groups -OCH3 is 1. The Labute approximate surface area is 226 Å². The van der Waals surface area contributed by atoms with E-state index in [-0.39, 0.29) is 18.8 Å². The van der Waals surface area contributed by atoms with Crippen LogP contribution in [-0.2, 0) is 33.3 Å². The Kier molecular flexibility index (Phi) is 5.41. The van der Waals surface area contributed by atoms with Crippen LogP contribution in [0.4, 0.5) is 0 Å². The molecule has 0 amide bonds. The van der Waals surface area contributed by atoms with Gasteiger partial charge in [0, 0.05) is 41.1 Å². The maximum Gasteiger partial charge on any atom is 0.335 e.